The molecule has 1 N–H and O–H groups in total. The molecule has 0 radical (unpaired) electrons. The SMILES string of the molecule is CNC(Cc1cncc(Br)c1)c1ccc2ccccc2n1. The first kappa shape index (κ1) is 14.2. The van der Waals surface area contributed by atoms with Gasteiger partial charge in [0.05, 0.1) is 17.3 Å². The van der Waals surface area contributed by atoms with Gasteiger partial charge in [-0.05, 0) is 53.2 Å². The lowest BCUT2D eigenvalue weighted by atomic mass is 10.0. The molecular formula is C17H16BrN3. The van der Waals surface area contributed by atoms with Crippen molar-refractivity contribution in [2.24, 2.45) is 0 Å². The molecule has 0 aliphatic rings. The Bertz CT molecular complexity index is 758. The fourth-order valence-corrected chi connectivity index (χ4v) is 2.85. The Hall–Kier alpha value is -1.78. The summed E-state index contributed by atoms with van der Waals surface area (Å²) in [5.41, 5.74) is 3.26. The normalized spacial score (nSPS) is 12.5. The number of nitrogens with zero attached hydrogens (tertiary/aromatic N) is 2. The van der Waals surface area contributed by atoms with Gasteiger partial charge in [0.15, 0.2) is 0 Å². The van der Waals surface area contributed by atoms with Crippen LogP contribution < -0.4 is 5.32 Å². The Morgan fingerprint density at radius 3 is 2.81 bits per heavy atom. The lowest BCUT2D eigenvalue weighted by Gasteiger charge is -2.16. The van der Waals surface area contributed by atoms with Crippen molar-refractivity contribution in [1.82, 2.24) is 15.3 Å². The molecule has 2 aromatic heterocycles. The molecule has 0 aliphatic carbocycles. The van der Waals surface area contributed by atoms with Crippen molar-refractivity contribution in [2.75, 3.05) is 7.05 Å². The van der Waals surface area contributed by atoms with Crippen LogP contribution in [0.4, 0.5) is 0 Å². The van der Waals surface area contributed by atoms with Crippen LogP contribution in [-0.2, 0) is 6.42 Å². The number of hydrogen-bond donors (Lipinski definition) is 1. The summed E-state index contributed by atoms with van der Waals surface area (Å²) >= 11 is 3.46. The van der Waals surface area contributed by atoms with Crippen LogP contribution >= 0.6 is 15.9 Å². The monoisotopic (exact) mass is 341 g/mol. The number of para-hydroxylation sites is 1. The summed E-state index contributed by atoms with van der Waals surface area (Å²) in [7, 11) is 1.97. The molecule has 106 valence electrons. The molecule has 4 heteroatoms. The van der Waals surface area contributed by atoms with Crippen LogP contribution in [0.3, 0.4) is 0 Å². The van der Waals surface area contributed by atoms with E-state index in [9.17, 15) is 0 Å². The van der Waals surface area contributed by atoms with Crippen LogP contribution in [0, 0.1) is 0 Å². The third-order valence-electron chi connectivity index (χ3n) is 3.53. The van der Waals surface area contributed by atoms with E-state index < -0.39 is 0 Å². The van der Waals surface area contributed by atoms with Gasteiger partial charge < -0.3 is 5.32 Å². The first-order chi connectivity index (χ1) is 10.3. The Kier molecular flexibility index (Phi) is 4.27. The second-order valence-electron chi connectivity index (χ2n) is 4.99. The molecule has 0 amide bonds. The van der Waals surface area contributed by atoms with Gasteiger partial charge in [0.1, 0.15) is 0 Å². The van der Waals surface area contributed by atoms with Gasteiger partial charge in [0, 0.05) is 22.3 Å². The highest BCUT2D eigenvalue weighted by molar-refractivity contribution is 9.10. The van der Waals surface area contributed by atoms with Crippen molar-refractivity contribution in [3.8, 4) is 0 Å². The molecule has 0 spiro atoms. The minimum absolute atomic E-state index is 0.172. The number of rotatable bonds is 4. The summed E-state index contributed by atoms with van der Waals surface area (Å²) < 4.78 is 1.00. The first-order valence-electron chi connectivity index (χ1n) is 6.88. The van der Waals surface area contributed by atoms with E-state index in [1.54, 1.807) is 6.20 Å². The Morgan fingerprint density at radius 1 is 1.14 bits per heavy atom. The maximum Gasteiger partial charge on any atom is 0.0706 e. The van der Waals surface area contributed by atoms with E-state index in [-0.39, 0.29) is 6.04 Å². The molecule has 3 aromatic rings. The number of aromatic nitrogens is 2. The van der Waals surface area contributed by atoms with Crippen LogP contribution in [0.25, 0.3) is 10.9 Å². The Labute approximate surface area is 132 Å². The summed E-state index contributed by atoms with van der Waals surface area (Å²) in [6, 6.07) is 14.7. The molecule has 0 bridgehead atoms. The second kappa shape index (κ2) is 6.33. The Balaban J connectivity index is 1.90. The standard InChI is InChI=1S/C17H16BrN3/c1-19-17(9-12-8-14(18)11-20-10-12)16-7-6-13-4-2-3-5-15(13)21-16/h2-8,10-11,17,19H,9H2,1H3. The van der Waals surface area contributed by atoms with E-state index in [1.807, 2.05) is 31.4 Å². The summed E-state index contributed by atoms with van der Waals surface area (Å²) in [5.74, 6) is 0. The zero-order valence-electron chi connectivity index (χ0n) is 11.8. The molecule has 0 saturated heterocycles. The van der Waals surface area contributed by atoms with Crippen LogP contribution in [-0.4, -0.2) is 17.0 Å². The molecule has 0 aliphatic heterocycles. The van der Waals surface area contributed by atoms with Crippen LogP contribution in [0.5, 0.6) is 0 Å². The number of likely N-dealkylation sites (N-methyl/N-ethyl adjacent to an activating group) is 1. The van der Waals surface area contributed by atoms with E-state index in [0.29, 0.717) is 0 Å². The highest BCUT2D eigenvalue weighted by atomic mass is 79.9. The average molecular weight is 342 g/mol. The fraction of sp³-hybridized carbons (Fsp3) is 0.176. The third-order valence-corrected chi connectivity index (χ3v) is 3.96. The predicted octanol–water partition coefficient (Wildman–Crippen LogP) is 3.90. The van der Waals surface area contributed by atoms with Gasteiger partial charge in [-0.3, -0.25) is 9.97 Å². The number of benzene rings is 1. The topological polar surface area (TPSA) is 37.8 Å². The predicted molar refractivity (Wildman–Crippen MR) is 89.2 cm³/mol. The molecule has 3 nitrogen and oxygen atoms in total. The van der Waals surface area contributed by atoms with Crippen molar-refractivity contribution < 1.29 is 0 Å². The summed E-state index contributed by atoms with van der Waals surface area (Å²) in [5, 5.41) is 4.51. The number of nitrogens with one attached hydrogen (secondary N) is 1. The number of pyridine rings is 2. The number of halogens is 1. The van der Waals surface area contributed by atoms with E-state index in [2.05, 4.69) is 50.5 Å². The third kappa shape index (κ3) is 3.28. The number of fused-ring (bicyclic) bond motifs is 1. The zero-order chi connectivity index (χ0) is 14.7. The van der Waals surface area contributed by atoms with Crippen molar-refractivity contribution in [2.45, 2.75) is 12.5 Å². The van der Waals surface area contributed by atoms with Crippen LogP contribution in [0.1, 0.15) is 17.3 Å². The van der Waals surface area contributed by atoms with E-state index in [1.165, 1.54) is 10.9 Å². The minimum atomic E-state index is 0.172. The first-order valence-corrected chi connectivity index (χ1v) is 7.68. The van der Waals surface area contributed by atoms with Gasteiger partial charge >= 0.3 is 0 Å². The zero-order valence-corrected chi connectivity index (χ0v) is 13.3. The maximum absolute atomic E-state index is 4.77. The Morgan fingerprint density at radius 2 is 2.00 bits per heavy atom. The lowest BCUT2D eigenvalue weighted by Crippen LogP contribution is -2.20. The van der Waals surface area contributed by atoms with Crippen molar-refractivity contribution in [1.29, 1.82) is 0 Å². The smallest absolute Gasteiger partial charge is 0.0706 e. The maximum atomic E-state index is 4.77. The summed E-state index contributed by atoms with van der Waals surface area (Å²) in [6.07, 6.45) is 4.55. The summed E-state index contributed by atoms with van der Waals surface area (Å²) in [6.45, 7) is 0. The lowest BCUT2D eigenvalue weighted by molar-refractivity contribution is 0.577. The van der Waals surface area contributed by atoms with Crippen LogP contribution in [0.2, 0.25) is 0 Å². The van der Waals surface area contributed by atoms with E-state index >= 15 is 0 Å². The highest BCUT2D eigenvalue weighted by Crippen LogP contribution is 2.21. The molecule has 1 unspecified atom stereocenters. The van der Waals surface area contributed by atoms with Gasteiger partial charge in [-0.25, -0.2) is 0 Å². The molecule has 0 fully saturated rings. The van der Waals surface area contributed by atoms with Crippen molar-refractivity contribution >= 4 is 26.8 Å². The quantitative estimate of drug-likeness (QED) is 0.782. The van der Waals surface area contributed by atoms with Gasteiger partial charge in [0.25, 0.3) is 0 Å². The highest BCUT2D eigenvalue weighted by Gasteiger charge is 2.12. The van der Waals surface area contributed by atoms with Crippen molar-refractivity contribution in [3.63, 3.8) is 0 Å². The molecule has 1 atom stereocenters. The molecular weight excluding hydrogens is 326 g/mol. The summed E-state index contributed by atoms with van der Waals surface area (Å²) in [4.78, 5) is 8.99. The van der Waals surface area contributed by atoms with Gasteiger partial charge in [0.2, 0.25) is 0 Å². The van der Waals surface area contributed by atoms with Gasteiger partial charge in [-0.15, -0.1) is 0 Å². The molecule has 3 rings (SSSR count). The van der Waals surface area contributed by atoms with E-state index in [0.717, 1.165) is 22.1 Å². The second-order valence-corrected chi connectivity index (χ2v) is 5.90. The van der Waals surface area contributed by atoms with E-state index in [4.69, 9.17) is 4.98 Å². The van der Waals surface area contributed by atoms with Crippen molar-refractivity contribution in [3.05, 3.63) is 70.6 Å². The van der Waals surface area contributed by atoms with Gasteiger partial charge in [-0.2, -0.15) is 0 Å². The molecule has 2 heterocycles. The fourth-order valence-electron chi connectivity index (χ4n) is 2.43. The molecule has 21 heavy (non-hydrogen) atoms. The van der Waals surface area contributed by atoms with Crippen LogP contribution in [0.15, 0.2) is 59.3 Å². The average Bonchev–Trinajstić information content (AvgIpc) is 2.52. The number of hydrogen-bond acceptors (Lipinski definition) is 3. The molecule has 1 aromatic carbocycles. The molecule has 0 saturated carbocycles. The largest absolute Gasteiger partial charge is 0.311 e. The van der Waals surface area contributed by atoms with Gasteiger partial charge in [-0.1, -0.05) is 24.3 Å². The minimum Gasteiger partial charge on any atom is -0.311 e.